The summed E-state index contributed by atoms with van der Waals surface area (Å²) >= 11 is 5.70. The first-order valence-corrected chi connectivity index (χ1v) is 9.24. The lowest BCUT2D eigenvalue weighted by Crippen LogP contribution is -2.12. The number of carbonyl (C=O) groups excluding carboxylic acids is 1. The van der Waals surface area contributed by atoms with Crippen molar-refractivity contribution in [3.05, 3.63) is 96.8 Å². The molecule has 3 aromatic rings. The highest BCUT2D eigenvalue weighted by atomic mass is 35.5. The molecule has 0 saturated carbocycles. The number of nitrogens with zero attached hydrogens (tertiary/aromatic N) is 2. The average molecular weight is 501 g/mol. The molecule has 0 saturated heterocycles. The Labute approximate surface area is 191 Å². The van der Waals surface area contributed by atoms with Gasteiger partial charge in [0.1, 0.15) is 11.3 Å². The summed E-state index contributed by atoms with van der Waals surface area (Å²) in [7, 11) is 0. The van der Waals surface area contributed by atoms with Gasteiger partial charge in [-0.2, -0.15) is 13.2 Å². The third-order valence-electron chi connectivity index (χ3n) is 4.19. The Balaban J connectivity index is 1.99. The van der Waals surface area contributed by atoms with Gasteiger partial charge in [-0.05, 0) is 24.3 Å². The molecule has 0 aromatic heterocycles. The van der Waals surface area contributed by atoms with E-state index in [4.69, 9.17) is 21.1 Å². The maximum Gasteiger partial charge on any atom is 0.416 e. The van der Waals surface area contributed by atoms with Crippen LogP contribution in [-0.4, -0.2) is 15.8 Å². The first kappa shape index (κ1) is 24.4. The standard InChI is InChI=1S/C20H9ClF4N2O7/c21-13-7-10(20(23,24)25)8-14(22)18(13)33-11-5-6-15(26(29)30)12(9-11)19(28)34-17-4-2-1-3-16(17)27(31)32/h1-9H. The third kappa shape index (κ3) is 5.20. The number of ether oxygens (including phenoxy) is 2. The molecule has 0 amide bonds. The predicted octanol–water partition coefficient (Wildman–Crippen LogP) is 6.33. The summed E-state index contributed by atoms with van der Waals surface area (Å²) in [4.78, 5) is 33.2. The van der Waals surface area contributed by atoms with Crippen molar-refractivity contribution in [3.63, 3.8) is 0 Å². The summed E-state index contributed by atoms with van der Waals surface area (Å²) in [6.07, 6.45) is -4.88. The number of para-hydroxylation sites is 2. The molecule has 0 N–H and O–H groups in total. The first-order chi connectivity index (χ1) is 15.9. The Hall–Kier alpha value is -4.26. The van der Waals surface area contributed by atoms with E-state index >= 15 is 0 Å². The van der Waals surface area contributed by atoms with Crippen LogP contribution in [0.3, 0.4) is 0 Å². The van der Waals surface area contributed by atoms with Gasteiger partial charge in [-0.3, -0.25) is 20.2 Å². The number of benzene rings is 3. The van der Waals surface area contributed by atoms with Crippen LogP contribution in [0, 0.1) is 26.0 Å². The Morgan fingerprint density at radius 2 is 1.59 bits per heavy atom. The molecule has 0 unspecified atom stereocenters. The van der Waals surface area contributed by atoms with Gasteiger partial charge in [0.2, 0.25) is 5.75 Å². The second-order valence-electron chi connectivity index (χ2n) is 6.42. The fourth-order valence-electron chi connectivity index (χ4n) is 2.69. The number of hydrogen-bond donors (Lipinski definition) is 0. The maximum absolute atomic E-state index is 14.2. The summed E-state index contributed by atoms with van der Waals surface area (Å²) in [5, 5.41) is 21.7. The van der Waals surface area contributed by atoms with Gasteiger partial charge in [-0.15, -0.1) is 0 Å². The van der Waals surface area contributed by atoms with Crippen LogP contribution in [0.1, 0.15) is 15.9 Å². The van der Waals surface area contributed by atoms with E-state index in [1.165, 1.54) is 12.1 Å². The van der Waals surface area contributed by atoms with E-state index in [-0.39, 0.29) is 6.07 Å². The minimum atomic E-state index is -4.88. The largest absolute Gasteiger partial charge is 0.453 e. The molecule has 0 spiro atoms. The van der Waals surface area contributed by atoms with Crippen LogP contribution in [0.5, 0.6) is 17.2 Å². The number of hydrogen-bond acceptors (Lipinski definition) is 7. The highest BCUT2D eigenvalue weighted by molar-refractivity contribution is 6.32. The Morgan fingerprint density at radius 3 is 2.18 bits per heavy atom. The highest BCUT2D eigenvalue weighted by Crippen LogP contribution is 2.39. The summed E-state index contributed by atoms with van der Waals surface area (Å²) in [6.45, 7) is 0. The lowest BCUT2D eigenvalue weighted by molar-refractivity contribution is -0.386. The molecule has 0 bridgehead atoms. The van der Waals surface area contributed by atoms with E-state index in [0.29, 0.717) is 6.07 Å². The summed E-state index contributed by atoms with van der Waals surface area (Å²) in [5.41, 5.74) is -3.48. The van der Waals surface area contributed by atoms with Crippen LogP contribution in [-0.2, 0) is 6.18 Å². The van der Waals surface area contributed by atoms with Crippen molar-refractivity contribution in [3.8, 4) is 17.2 Å². The molecule has 0 heterocycles. The van der Waals surface area contributed by atoms with Crippen molar-refractivity contribution in [2.45, 2.75) is 6.18 Å². The molecule has 0 atom stereocenters. The minimum Gasteiger partial charge on any atom is -0.453 e. The molecule has 0 radical (unpaired) electrons. The van der Waals surface area contributed by atoms with Gasteiger partial charge in [0.15, 0.2) is 11.6 Å². The van der Waals surface area contributed by atoms with Crippen molar-refractivity contribution in [2.24, 2.45) is 0 Å². The van der Waals surface area contributed by atoms with Crippen molar-refractivity contribution >= 4 is 28.9 Å². The van der Waals surface area contributed by atoms with E-state index in [2.05, 4.69) is 0 Å². The minimum absolute atomic E-state index is 0.135. The fraction of sp³-hybridized carbons (Fsp3) is 0.0500. The normalized spacial score (nSPS) is 11.1. The molecule has 34 heavy (non-hydrogen) atoms. The Kier molecular flexibility index (Phi) is 6.68. The van der Waals surface area contributed by atoms with Crippen LogP contribution in [0.4, 0.5) is 28.9 Å². The molecular weight excluding hydrogens is 492 g/mol. The number of halogens is 5. The summed E-state index contributed by atoms with van der Waals surface area (Å²) in [6, 6.07) is 7.77. The zero-order valence-corrected chi connectivity index (χ0v) is 17.1. The highest BCUT2D eigenvalue weighted by Gasteiger charge is 2.33. The SMILES string of the molecule is O=C(Oc1ccccc1[N+](=O)[O-])c1cc(Oc2c(F)cc(C(F)(F)F)cc2Cl)ccc1[N+](=O)[O-]. The number of nitro groups is 2. The van der Waals surface area contributed by atoms with E-state index in [9.17, 15) is 42.6 Å². The van der Waals surface area contributed by atoms with Gasteiger partial charge in [-0.25, -0.2) is 9.18 Å². The van der Waals surface area contributed by atoms with Crippen LogP contribution >= 0.6 is 11.6 Å². The van der Waals surface area contributed by atoms with E-state index in [1.807, 2.05) is 0 Å². The zero-order valence-electron chi connectivity index (χ0n) is 16.3. The molecule has 0 aliphatic heterocycles. The van der Waals surface area contributed by atoms with Crippen LogP contribution in [0.25, 0.3) is 0 Å². The van der Waals surface area contributed by atoms with Gasteiger partial charge < -0.3 is 9.47 Å². The van der Waals surface area contributed by atoms with E-state index < -0.39 is 72.6 Å². The van der Waals surface area contributed by atoms with Gasteiger partial charge in [0, 0.05) is 18.2 Å². The zero-order chi connectivity index (χ0) is 25.2. The number of alkyl halides is 3. The topological polar surface area (TPSA) is 122 Å². The first-order valence-electron chi connectivity index (χ1n) is 8.86. The Bertz CT molecular complexity index is 1290. The van der Waals surface area contributed by atoms with Gasteiger partial charge in [0.05, 0.1) is 20.4 Å². The number of rotatable bonds is 6. The van der Waals surface area contributed by atoms with Gasteiger partial charge in [0.25, 0.3) is 5.69 Å². The van der Waals surface area contributed by atoms with Crippen LogP contribution in [0.2, 0.25) is 5.02 Å². The summed E-state index contributed by atoms with van der Waals surface area (Å²) < 4.78 is 62.7. The number of esters is 1. The maximum atomic E-state index is 14.2. The second-order valence-corrected chi connectivity index (χ2v) is 6.83. The average Bonchev–Trinajstić information content (AvgIpc) is 2.75. The molecular formula is C20H9ClF4N2O7. The molecule has 3 aromatic carbocycles. The lowest BCUT2D eigenvalue weighted by Gasteiger charge is -2.13. The van der Waals surface area contributed by atoms with Crippen molar-refractivity contribution in [1.29, 1.82) is 0 Å². The monoisotopic (exact) mass is 500 g/mol. The molecule has 3 rings (SSSR count). The fourth-order valence-corrected chi connectivity index (χ4v) is 2.94. The predicted molar refractivity (Wildman–Crippen MR) is 108 cm³/mol. The van der Waals surface area contributed by atoms with Crippen molar-refractivity contribution < 1.29 is 41.7 Å². The molecule has 0 aliphatic carbocycles. The molecule has 0 fully saturated rings. The Morgan fingerprint density at radius 1 is 0.941 bits per heavy atom. The number of nitro benzene ring substituents is 2. The third-order valence-corrected chi connectivity index (χ3v) is 4.48. The van der Waals surface area contributed by atoms with Gasteiger partial charge in [-0.1, -0.05) is 23.7 Å². The van der Waals surface area contributed by atoms with E-state index in [1.54, 1.807) is 0 Å². The lowest BCUT2D eigenvalue weighted by atomic mass is 10.1. The molecule has 0 aliphatic rings. The quantitative estimate of drug-likeness (QED) is 0.127. The summed E-state index contributed by atoms with van der Waals surface area (Å²) in [5.74, 6) is -4.62. The van der Waals surface area contributed by atoms with Gasteiger partial charge >= 0.3 is 17.8 Å². The van der Waals surface area contributed by atoms with Crippen molar-refractivity contribution in [1.82, 2.24) is 0 Å². The molecule has 9 nitrogen and oxygen atoms in total. The number of carbonyl (C=O) groups is 1. The van der Waals surface area contributed by atoms with Crippen LogP contribution in [0.15, 0.2) is 54.6 Å². The van der Waals surface area contributed by atoms with Crippen LogP contribution < -0.4 is 9.47 Å². The molecule has 14 heteroatoms. The smallest absolute Gasteiger partial charge is 0.416 e. The molecule has 176 valence electrons. The second kappa shape index (κ2) is 9.31. The van der Waals surface area contributed by atoms with E-state index in [0.717, 1.165) is 30.3 Å². The van der Waals surface area contributed by atoms with Crippen molar-refractivity contribution in [2.75, 3.05) is 0 Å².